The fourth-order valence-electron chi connectivity index (χ4n) is 17.0. The van der Waals surface area contributed by atoms with Gasteiger partial charge >= 0.3 is 7.12 Å². The minimum Gasteiger partial charge on any atom is -0.497 e. The number of nitrogens with one attached hydrogen (secondary N) is 8. The Bertz CT molecular complexity index is 6400. The number of fused-ring (bicyclic) bond motifs is 4. The van der Waals surface area contributed by atoms with Crippen molar-refractivity contribution in [3.8, 4) is 58.3 Å². The highest BCUT2D eigenvalue weighted by molar-refractivity contribution is 9.10. The Morgan fingerprint density at radius 3 is 1.18 bits per heavy atom. The third kappa shape index (κ3) is 25.9. The largest absolute Gasteiger partial charge is 0.498 e. The molecule has 40 heteroatoms. The Labute approximate surface area is 810 Å². The first kappa shape index (κ1) is 99.3. The van der Waals surface area contributed by atoms with E-state index in [4.69, 9.17) is 59.5 Å². The van der Waals surface area contributed by atoms with Crippen molar-refractivity contribution in [2.75, 3.05) is 108 Å². The molecule has 0 aliphatic carbocycles. The highest BCUT2D eigenvalue weighted by Gasteiger charge is 2.53. The van der Waals surface area contributed by atoms with Crippen molar-refractivity contribution in [1.29, 1.82) is 21.0 Å². The molecule has 5 fully saturated rings. The summed E-state index contributed by atoms with van der Waals surface area (Å²) in [7, 11) is 2.78. The molecule has 714 valence electrons. The average Bonchev–Trinajstić information content (AvgIpc) is 1.60. The van der Waals surface area contributed by atoms with Gasteiger partial charge in [0.25, 0.3) is 0 Å². The molecule has 0 saturated carbocycles. The van der Waals surface area contributed by atoms with Crippen LogP contribution in [0, 0.1) is 45.3 Å². The first-order chi connectivity index (χ1) is 66.5. The Morgan fingerprint density at radius 2 is 0.803 bits per heavy atom. The molecule has 37 nitrogen and oxygen atoms in total. The number of aromatic nitrogens is 14. The predicted molar refractivity (Wildman–Crippen MR) is 526 cm³/mol. The average molecular weight is 1990 g/mol. The SMILES string of the molecule is CC1(C)OB(c2cnc3[nH]ccc3c2N[C@@H]2CCCN(C(=O)CC#N)C2)OC1(C)C.COc1ccc(COCCn2ccc(-c3cnc4[nH]ccc4c3N[C@@H]3CCCN(C(=O)CC#N)C3)n2)cc1.COc1ccc(COCCn2ccc(Br)n2)cc1.N#CCC(=O)N1CCC[C@@H](Nc2c(-c3ccn(CCO)n3)cnc3[nH]ccc23)C1.N#CCC(=O)N1CCC[C@@H](Nc2c(Br)cnc3[nH]ccc23)C1. The number of aliphatic hydroxyl groups excluding tert-OH is 1. The fraction of sp³-hybridized carbons (Fsp3) is 0.412. The van der Waals surface area contributed by atoms with Gasteiger partial charge in [0.15, 0.2) is 0 Å². The molecule has 5 aliphatic heterocycles. The van der Waals surface area contributed by atoms with Crippen molar-refractivity contribution in [2.24, 2.45) is 0 Å². The van der Waals surface area contributed by atoms with E-state index >= 15 is 0 Å². The summed E-state index contributed by atoms with van der Waals surface area (Å²) in [4.78, 5) is 86.1. The number of ether oxygens (including phenoxy) is 4. The van der Waals surface area contributed by atoms with E-state index < -0.39 is 18.3 Å². The third-order valence-corrected chi connectivity index (χ3v) is 25.8. The summed E-state index contributed by atoms with van der Waals surface area (Å²) < 4.78 is 41.5. The molecule has 13 aromatic rings. The second-order valence-corrected chi connectivity index (χ2v) is 36.4. The molecule has 4 amide bonds. The van der Waals surface area contributed by atoms with Crippen molar-refractivity contribution in [3.05, 3.63) is 179 Å². The molecule has 9 N–H and O–H groups in total. The number of nitriles is 4. The number of rotatable bonds is 29. The Hall–Kier alpha value is -13.7. The lowest BCUT2D eigenvalue weighted by Gasteiger charge is -2.34. The molecule has 0 bridgehead atoms. The Morgan fingerprint density at radius 1 is 0.460 bits per heavy atom. The van der Waals surface area contributed by atoms with Crippen LogP contribution in [0.25, 0.3) is 66.6 Å². The zero-order chi connectivity index (χ0) is 96.4. The molecule has 16 heterocycles. The van der Waals surface area contributed by atoms with Gasteiger partial charge in [0.05, 0.1) is 135 Å². The van der Waals surface area contributed by atoms with E-state index in [2.05, 4.69) is 103 Å². The number of nitrogens with zero attached hydrogens (tertiary/aromatic N) is 18. The van der Waals surface area contributed by atoms with Crippen LogP contribution in [0.4, 0.5) is 22.7 Å². The number of piperidine rings is 4. The zero-order valence-electron chi connectivity index (χ0n) is 77.5. The van der Waals surface area contributed by atoms with E-state index in [1.807, 2.05) is 202 Å². The van der Waals surface area contributed by atoms with E-state index in [0.29, 0.717) is 85.3 Å². The maximum Gasteiger partial charge on any atom is 0.498 e. The fourth-order valence-corrected chi connectivity index (χ4v) is 17.7. The zero-order valence-corrected chi connectivity index (χ0v) is 80.7. The molecule has 137 heavy (non-hydrogen) atoms. The number of carbonyl (C=O) groups is 4. The van der Waals surface area contributed by atoms with Gasteiger partial charge in [0.2, 0.25) is 23.6 Å². The van der Waals surface area contributed by atoms with Gasteiger partial charge in [-0.25, -0.2) is 19.9 Å². The van der Waals surface area contributed by atoms with Crippen LogP contribution in [0.3, 0.4) is 0 Å². The van der Waals surface area contributed by atoms with Crippen LogP contribution in [0.1, 0.15) is 116 Å². The lowest BCUT2D eigenvalue weighted by molar-refractivity contribution is -0.131. The summed E-state index contributed by atoms with van der Waals surface area (Å²) >= 11 is 6.84. The second kappa shape index (κ2) is 47.7. The number of hydrogen-bond acceptors (Lipinski definition) is 26. The molecule has 5 aliphatic rings. The highest BCUT2D eigenvalue weighted by Crippen LogP contribution is 2.40. The van der Waals surface area contributed by atoms with Gasteiger partial charge in [0.1, 0.15) is 64.4 Å². The van der Waals surface area contributed by atoms with Crippen LogP contribution in [0.2, 0.25) is 0 Å². The molecule has 2 aromatic carbocycles. The molecular formula is C97H113BBr2N26O11. The van der Waals surface area contributed by atoms with Crippen molar-refractivity contribution in [3.63, 3.8) is 0 Å². The topological polar surface area (TPSA) is 468 Å². The molecule has 18 rings (SSSR count). The number of methoxy groups -OCH3 is 2. The van der Waals surface area contributed by atoms with Gasteiger partial charge in [-0.2, -0.15) is 36.3 Å². The summed E-state index contributed by atoms with van der Waals surface area (Å²) in [6.07, 6.45) is 27.4. The number of aliphatic hydroxyl groups is 1. The first-order valence-corrected chi connectivity index (χ1v) is 47.4. The maximum absolute atomic E-state index is 12.3. The summed E-state index contributed by atoms with van der Waals surface area (Å²) in [6, 6.07) is 37.6. The normalized spacial score (nSPS) is 17.1. The van der Waals surface area contributed by atoms with Crippen LogP contribution < -0.4 is 36.2 Å². The number of pyridine rings is 4. The maximum atomic E-state index is 12.3. The van der Waals surface area contributed by atoms with Crippen molar-refractivity contribution in [2.45, 2.75) is 173 Å². The predicted octanol–water partition coefficient (Wildman–Crippen LogP) is 13.4. The smallest absolute Gasteiger partial charge is 0.497 e. The molecule has 0 radical (unpaired) electrons. The quantitative estimate of drug-likeness (QED) is 0.0155. The minimum atomic E-state index is -0.538. The second-order valence-electron chi connectivity index (χ2n) is 34.7. The number of hydrogen-bond donors (Lipinski definition) is 9. The van der Waals surface area contributed by atoms with Crippen LogP contribution in [-0.2, 0) is 70.8 Å². The lowest BCUT2D eigenvalue weighted by atomic mass is 9.78. The van der Waals surface area contributed by atoms with Crippen LogP contribution in [0.5, 0.6) is 11.5 Å². The number of carbonyl (C=O) groups excluding carboxylic acids is 4. The summed E-state index contributed by atoms with van der Waals surface area (Å²) in [6.45, 7) is 17.4. The lowest BCUT2D eigenvalue weighted by Crippen LogP contribution is -2.46. The molecule has 0 unspecified atom stereocenters. The number of halogens is 2. The number of benzene rings is 2. The van der Waals surface area contributed by atoms with Crippen LogP contribution in [-0.4, -0.2) is 246 Å². The summed E-state index contributed by atoms with van der Waals surface area (Å²) in [5.41, 5.74) is 12.5. The van der Waals surface area contributed by atoms with E-state index in [1.165, 1.54) is 0 Å². The van der Waals surface area contributed by atoms with Gasteiger partial charge in [-0.15, -0.1) is 0 Å². The summed E-state index contributed by atoms with van der Waals surface area (Å²) in [5, 5.41) is 76.3. The number of aromatic amines is 4. The number of anilines is 4. The molecule has 4 atom stereocenters. The monoisotopic (exact) mass is 1990 g/mol. The first-order valence-electron chi connectivity index (χ1n) is 45.8. The van der Waals surface area contributed by atoms with E-state index in [-0.39, 0.29) is 80.1 Å². The van der Waals surface area contributed by atoms with Crippen molar-refractivity contribution >= 4 is 135 Å². The molecule has 11 aromatic heterocycles. The molecule has 5 saturated heterocycles. The van der Waals surface area contributed by atoms with Crippen molar-refractivity contribution < 1.29 is 52.5 Å². The van der Waals surface area contributed by atoms with E-state index in [9.17, 15) is 19.2 Å². The number of amides is 4. The highest BCUT2D eigenvalue weighted by atomic mass is 79.9. The van der Waals surface area contributed by atoms with Gasteiger partial charge in [0, 0.05) is 189 Å². The van der Waals surface area contributed by atoms with E-state index in [1.54, 1.807) is 57.1 Å². The van der Waals surface area contributed by atoms with Gasteiger partial charge in [-0.05, 0) is 189 Å². The number of H-pyrrole nitrogens is 4. The number of likely N-dealkylation sites (tertiary alicyclic amines) is 4. The minimum absolute atomic E-state index is 0.0238. The van der Waals surface area contributed by atoms with Gasteiger partial charge < -0.3 is 94.2 Å². The standard InChI is InChI=1S/C28H31N7O3.C21H28BN5O3.C20H23N7O2.C15H16BrN5O.C13H15BrN2O2/c1-37-22-6-4-20(5-7-22)19-38-16-15-35-14-10-25(33-35)24-17-31-28-23(9-12-30-28)27(24)32-21-3-2-13-34(18-21)26(36)8-11-29;1-20(2)21(3,4)30-22(29-20)16-12-25-19-15(8-10-24-19)18(16)26-14-6-5-11-27(13-14)17(28)7-9-23;21-6-3-18(29)26-8-1-2-14(13-26)24-19-15-4-7-22-20(15)23-12-16(19)17-5-9-27(25-17)10-11-28;16-12-8-19-15-11(4-6-18-15)14(12)20-10-2-1-7-21(9-10)13(22)3-5-17;1-17-12-4-2-11(3-5-12)10-18-9-8-16-7-6-13(14)15-16/h4-7,9-10,12,14,17,21H,2-3,8,13,15-16,18-19H2,1H3,(H2,30,31,32);8,10,12,14H,5-7,11,13H2,1-4H3,(H2,24,25,26);4-5,7,9,12,14,28H,1-3,8,10-11,13H2,(H2,22,23,24);4,6,8,10H,1-3,7,9H2,(H2,18,19,20);2-7H,8-10H2,1H3/t21-;2*14-;10-;/m1111./s1. The van der Waals surface area contributed by atoms with Crippen molar-refractivity contribution in [1.82, 2.24) is 88.8 Å². The molecule has 0 spiro atoms. The summed E-state index contributed by atoms with van der Waals surface area (Å²) in [5.74, 6) is 1.25. The van der Waals surface area contributed by atoms with E-state index in [0.717, 1.165) is 191 Å². The van der Waals surface area contributed by atoms with Gasteiger partial charge in [-0.3, -0.25) is 33.2 Å². The van der Waals surface area contributed by atoms with Crippen LogP contribution in [0.15, 0.2) is 168 Å². The Balaban J connectivity index is 0.000000140. The van der Waals surface area contributed by atoms with Crippen LogP contribution >= 0.6 is 31.9 Å². The third-order valence-electron chi connectivity index (χ3n) is 24.8. The molecular weight excluding hydrogens is 1880 g/mol. The Kier molecular flexibility index (Phi) is 34.5. The van der Waals surface area contributed by atoms with Gasteiger partial charge in [-0.1, -0.05) is 24.3 Å².